The van der Waals surface area contributed by atoms with Crippen LogP contribution < -0.4 is 10.1 Å². The molecule has 1 aromatic heterocycles. The fraction of sp³-hybridized carbons (Fsp3) is 0.524. The van der Waals surface area contributed by atoms with Crippen LogP contribution in [0.3, 0.4) is 0 Å². The van der Waals surface area contributed by atoms with Crippen molar-refractivity contribution in [2.75, 3.05) is 0 Å². The lowest BCUT2D eigenvalue weighted by atomic mass is 9.78. The van der Waals surface area contributed by atoms with Crippen molar-refractivity contribution in [1.82, 2.24) is 15.1 Å². The highest BCUT2D eigenvalue weighted by Gasteiger charge is 2.29. The highest BCUT2D eigenvalue weighted by molar-refractivity contribution is 5.78. The number of hydrogen-bond acceptors (Lipinski definition) is 3. The van der Waals surface area contributed by atoms with Crippen LogP contribution in [-0.4, -0.2) is 21.7 Å². The second-order valence-electron chi connectivity index (χ2n) is 7.91. The van der Waals surface area contributed by atoms with Gasteiger partial charge in [-0.15, -0.1) is 0 Å². The Hall–Kier alpha value is -2.30. The van der Waals surface area contributed by atoms with E-state index in [1.807, 2.05) is 23.0 Å². The van der Waals surface area contributed by atoms with Gasteiger partial charge in [0.05, 0.1) is 11.9 Å². The molecule has 1 fully saturated rings. The first-order valence-corrected chi connectivity index (χ1v) is 9.61. The van der Waals surface area contributed by atoms with E-state index in [-0.39, 0.29) is 18.5 Å². The van der Waals surface area contributed by atoms with Gasteiger partial charge in [-0.1, -0.05) is 38.3 Å². The van der Waals surface area contributed by atoms with Gasteiger partial charge in [-0.05, 0) is 37.3 Å². The Labute approximate surface area is 154 Å². The number of carbonyl (C=O) groups excluding carboxylic acids is 1. The summed E-state index contributed by atoms with van der Waals surface area (Å²) in [5.74, 6) is 2.09. The standard InChI is InChI=1S/C21H27N3O2/c1-13-7-8-19-17(9-13)21-16(12-26-19)10-22-24(21)11-20(25)23-18-6-4-5-14(2)15(18)3/h7-10,14-15,18H,4-6,11-12H2,1-3H3,(H,23,25)/t14-,15-,18-/m1/s1. The fourth-order valence-electron chi connectivity index (χ4n) is 4.25. The Balaban J connectivity index is 1.54. The molecule has 4 rings (SSSR count). The minimum absolute atomic E-state index is 0.0440. The molecule has 1 aliphatic carbocycles. The van der Waals surface area contributed by atoms with Crippen LogP contribution in [0.25, 0.3) is 11.3 Å². The molecular weight excluding hydrogens is 326 g/mol. The summed E-state index contributed by atoms with van der Waals surface area (Å²) in [5, 5.41) is 7.72. The molecule has 3 atom stereocenters. The van der Waals surface area contributed by atoms with Crippen LogP contribution in [0.15, 0.2) is 24.4 Å². The SMILES string of the molecule is Cc1ccc2c(c1)-c1c(cnn1CC(=O)N[C@@H]1CCC[C@@H](C)[C@H]1C)CO2. The topological polar surface area (TPSA) is 56.2 Å². The molecule has 1 aromatic carbocycles. The first-order valence-electron chi connectivity index (χ1n) is 9.61. The number of ether oxygens (including phenoxy) is 1. The molecule has 0 saturated heterocycles. The lowest BCUT2D eigenvalue weighted by molar-refractivity contribution is -0.123. The maximum absolute atomic E-state index is 12.7. The van der Waals surface area contributed by atoms with Crippen molar-refractivity contribution in [1.29, 1.82) is 0 Å². The number of hydrogen-bond donors (Lipinski definition) is 1. The van der Waals surface area contributed by atoms with Crippen molar-refractivity contribution in [2.24, 2.45) is 11.8 Å². The molecule has 2 heterocycles. The third-order valence-corrected chi connectivity index (χ3v) is 6.04. The zero-order chi connectivity index (χ0) is 18.3. The molecule has 0 radical (unpaired) electrons. The first-order chi connectivity index (χ1) is 12.5. The fourth-order valence-corrected chi connectivity index (χ4v) is 4.25. The van der Waals surface area contributed by atoms with E-state index in [2.05, 4.69) is 37.3 Å². The predicted octanol–water partition coefficient (Wildman–Crippen LogP) is 3.69. The highest BCUT2D eigenvalue weighted by Crippen LogP contribution is 2.38. The first kappa shape index (κ1) is 17.1. The minimum Gasteiger partial charge on any atom is -0.488 e. The van der Waals surface area contributed by atoms with E-state index < -0.39 is 0 Å². The highest BCUT2D eigenvalue weighted by atomic mass is 16.5. The van der Waals surface area contributed by atoms with Gasteiger partial charge in [0, 0.05) is 17.2 Å². The van der Waals surface area contributed by atoms with E-state index in [0.717, 1.165) is 29.0 Å². The Morgan fingerprint density at radius 1 is 1.35 bits per heavy atom. The molecule has 0 spiro atoms. The molecule has 1 N–H and O–H groups in total. The van der Waals surface area contributed by atoms with Crippen molar-refractivity contribution in [3.8, 4) is 17.0 Å². The summed E-state index contributed by atoms with van der Waals surface area (Å²) in [6.45, 7) is 7.35. The molecule has 5 nitrogen and oxygen atoms in total. The predicted molar refractivity (Wildman–Crippen MR) is 101 cm³/mol. The van der Waals surface area contributed by atoms with Crippen molar-refractivity contribution in [3.63, 3.8) is 0 Å². The van der Waals surface area contributed by atoms with Gasteiger partial charge in [0.2, 0.25) is 5.91 Å². The molecule has 0 unspecified atom stereocenters. The maximum Gasteiger partial charge on any atom is 0.241 e. The van der Waals surface area contributed by atoms with Crippen molar-refractivity contribution < 1.29 is 9.53 Å². The molecule has 1 saturated carbocycles. The number of benzene rings is 1. The Morgan fingerprint density at radius 3 is 3.04 bits per heavy atom. The monoisotopic (exact) mass is 353 g/mol. The summed E-state index contributed by atoms with van der Waals surface area (Å²) in [5.41, 5.74) is 4.24. The normalized spacial score (nSPS) is 24.3. The molecule has 0 bridgehead atoms. The largest absolute Gasteiger partial charge is 0.488 e. The van der Waals surface area contributed by atoms with Crippen LogP contribution in [-0.2, 0) is 17.9 Å². The number of amides is 1. The van der Waals surface area contributed by atoms with Crippen LogP contribution in [0.2, 0.25) is 0 Å². The van der Waals surface area contributed by atoms with Crippen molar-refractivity contribution in [2.45, 2.75) is 59.2 Å². The molecule has 2 aliphatic rings. The Morgan fingerprint density at radius 2 is 2.19 bits per heavy atom. The summed E-state index contributed by atoms with van der Waals surface area (Å²) in [7, 11) is 0. The van der Waals surface area contributed by atoms with Crippen LogP contribution in [0, 0.1) is 18.8 Å². The third kappa shape index (κ3) is 3.11. The number of fused-ring (bicyclic) bond motifs is 3. The smallest absolute Gasteiger partial charge is 0.241 e. The number of rotatable bonds is 3. The average molecular weight is 353 g/mol. The molecule has 5 heteroatoms. The van der Waals surface area contributed by atoms with E-state index in [4.69, 9.17) is 4.74 Å². The molecule has 26 heavy (non-hydrogen) atoms. The van der Waals surface area contributed by atoms with Gasteiger partial charge in [0.15, 0.2) is 0 Å². The number of nitrogens with one attached hydrogen (secondary N) is 1. The molecule has 1 amide bonds. The zero-order valence-electron chi connectivity index (χ0n) is 15.8. The molecular formula is C21H27N3O2. The summed E-state index contributed by atoms with van der Waals surface area (Å²) in [6.07, 6.45) is 5.34. The Bertz CT molecular complexity index is 827. The van der Waals surface area contributed by atoms with Crippen molar-refractivity contribution >= 4 is 5.91 Å². The van der Waals surface area contributed by atoms with Gasteiger partial charge in [0.1, 0.15) is 18.9 Å². The van der Waals surface area contributed by atoms with Crippen LogP contribution in [0.5, 0.6) is 5.75 Å². The second-order valence-corrected chi connectivity index (χ2v) is 7.91. The molecule has 1 aliphatic heterocycles. The summed E-state index contributed by atoms with van der Waals surface area (Å²) < 4.78 is 7.64. The summed E-state index contributed by atoms with van der Waals surface area (Å²) in [6, 6.07) is 6.42. The van der Waals surface area contributed by atoms with Crippen LogP contribution >= 0.6 is 0 Å². The van der Waals surface area contributed by atoms with Crippen molar-refractivity contribution in [3.05, 3.63) is 35.5 Å². The van der Waals surface area contributed by atoms with Gasteiger partial charge in [-0.2, -0.15) is 5.10 Å². The van der Waals surface area contributed by atoms with Gasteiger partial charge in [-0.3, -0.25) is 9.48 Å². The lowest BCUT2D eigenvalue weighted by Gasteiger charge is -2.34. The number of nitrogens with zero attached hydrogens (tertiary/aromatic N) is 2. The lowest BCUT2D eigenvalue weighted by Crippen LogP contribution is -2.45. The Kier molecular flexibility index (Phi) is 4.47. The maximum atomic E-state index is 12.7. The zero-order valence-corrected chi connectivity index (χ0v) is 15.8. The summed E-state index contributed by atoms with van der Waals surface area (Å²) in [4.78, 5) is 12.7. The number of aryl methyl sites for hydroxylation is 1. The van der Waals surface area contributed by atoms with Gasteiger partial charge in [-0.25, -0.2) is 0 Å². The third-order valence-electron chi connectivity index (χ3n) is 6.04. The molecule has 2 aromatic rings. The second kappa shape index (κ2) is 6.78. The molecule has 138 valence electrons. The van der Waals surface area contributed by atoms with Crippen LogP contribution in [0.1, 0.15) is 44.2 Å². The summed E-state index contributed by atoms with van der Waals surface area (Å²) >= 11 is 0. The number of aromatic nitrogens is 2. The van der Waals surface area contributed by atoms with Gasteiger partial charge < -0.3 is 10.1 Å². The van der Waals surface area contributed by atoms with E-state index in [1.165, 1.54) is 18.4 Å². The van der Waals surface area contributed by atoms with E-state index in [0.29, 0.717) is 18.4 Å². The average Bonchev–Trinajstić information content (AvgIpc) is 3.02. The van der Waals surface area contributed by atoms with Crippen LogP contribution in [0.4, 0.5) is 0 Å². The van der Waals surface area contributed by atoms with E-state index >= 15 is 0 Å². The quantitative estimate of drug-likeness (QED) is 0.915. The van der Waals surface area contributed by atoms with Gasteiger partial charge >= 0.3 is 0 Å². The van der Waals surface area contributed by atoms with E-state index in [1.54, 1.807) is 0 Å². The van der Waals surface area contributed by atoms with Gasteiger partial charge in [0.25, 0.3) is 0 Å². The van der Waals surface area contributed by atoms with E-state index in [9.17, 15) is 4.79 Å². The number of carbonyl (C=O) groups is 1. The minimum atomic E-state index is 0.0440.